The molecule has 106 valence electrons. The second-order valence-electron chi connectivity index (χ2n) is 4.49. The first-order valence-corrected chi connectivity index (χ1v) is 8.05. The number of benzene rings is 1. The minimum atomic E-state index is -0.504. The minimum absolute atomic E-state index is 0.197. The maximum atomic E-state index is 12.0. The molecular formula is C16H12O3S2. The second kappa shape index (κ2) is 5.79. The average molecular weight is 316 g/mol. The molecule has 3 rings (SSSR count). The molecule has 0 saturated carbocycles. The zero-order valence-corrected chi connectivity index (χ0v) is 12.9. The van der Waals surface area contributed by atoms with Crippen LogP contribution in [0.3, 0.4) is 0 Å². The van der Waals surface area contributed by atoms with Gasteiger partial charge < -0.3 is 4.74 Å². The van der Waals surface area contributed by atoms with Gasteiger partial charge in [-0.1, -0.05) is 18.2 Å². The van der Waals surface area contributed by atoms with Crippen LogP contribution >= 0.6 is 22.7 Å². The van der Waals surface area contributed by atoms with E-state index in [-0.39, 0.29) is 12.2 Å². The summed E-state index contributed by atoms with van der Waals surface area (Å²) in [6.45, 7) is 0. The Hall–Kier alpha value is -1.98. The second-order valence-corrected chi connectivity index (χ2v) is 6.48. The van der Waals surface area contributed by atoms with E-state index in [0.717, 1.165) is 10.4 Å². The van der Waals surface area contributed by atoms with Crippen LogP contribution in [0.1, 0.15) is 16.1 Å². The zero-order valence-electron chi connectivity index (χ0n) is 11.3. The molecule has 5 heteroatoms. The van der Waals surface area contributed by atoms with Gasteiger partial charge in [0.2, 0.25) is 0 Å². The van der Waals surface area contributed by atoms with Gasteiger partial charge in [0.25, 0.3) is 0 Å². The smallest absolute Gasteiger partial charge is 0.313 e. The third-order valence-electron chi connectivity index (χ3n) is 3.16. The van der Waals surface area contributed by atoms with Crippen molar-refractivity contribution in [1.82, 2.24) is 0 Å². The number of fused-ring (bicyclic) bond motifs is 1. The molecule has 21 heavy (non-hydrogen) atoms. The molecule has 0 radical (unpaired) electrons. The number of rotatable bonds is 4. The van der Waals surface area contributed by atoms with Crippen LogP contribution in [0.4, 0.5) is 0 Å². The summed E-state index contributed by atoms with van der Waals surface area (Å²) in [5, 5.41) is 3.29. The molecular weight excluding hydrogens is 304 g/mol. The van der Waals surface area contributed by atoms with Crippen molar-refractivity contribution in [2.24, 2.45) is 0 Å². The third kappa shape index (κ3) is 2.75. The van der Waals surface area contributed by atoms with Crippen molar-refractivity contribution in [2.45, 2.75) is 6.42 Å². The molecule has 3 nitrogen and oxygen atoms in total. The van der Waals surface area contributed by atoms with Crippen LogP contribution < -0.4 is 0 Å². The number of hydrogen-bond donors (Lipinski definition) is 0. The molecule has 2 aromatic heterocycles. The maximum Gasteiger partial charge on any atom is 0.313 e. The topological polar surface area (TPSA) is 43.4 Å². The van der Waals surface area contributed by atoms with Gasteiger partial charge >= 0.3 is 5.97 Å². The molecule has 3 aromatic rings. The van der Waals surface area contributed by atoms with Crippen molar-refractivity contribution in [1.29, 1.82) is 0 Å². The predicted octanol–water partition coefficient (Wildman–Crippen LogP) is 4.38. The Balaban J connectivity index is 1.91. The summed E-state index contributed by atoms with van der Waals surface area (Å²) in [7, 11) is 1.28. The number of methoxy groups -OCH3 is 1. The van der Waals surface area contributed by atoms with Gasteiger partial charge in [-0.05, 0) is 18.2 Å². The first-order chi connectivity index (χ1) is 10.2. The van der Waals surface area contributed by atoms with Crippen LogP contribution in [0.15, 0.2) is 41.8 Å². The fourth-order valence-corrected chi connectivity index (χ4v) is 4.10. The Morgan fingerprint density at radius 3 is 2.76 bits per heavy atom. The number of carbonyl (C=O) groups is 2. The van der Waals surface area contributed by atoms with Crippen molar-refractivity contribution in [3.63, 3.8) is 0 Å². The minimum Gasteiger partial charge on any atom is -0.469 e. The lowest BCUT2D eigenvalue weighted by Crippen LogP contribution is -2.07. The monoisotopic (exact) mass is 316 g/mol. The normalized spacial score (nSPS) is 10.7. The summed E-state index contributed by atoms with van der Waals surface area (Å²) in [6.07, 6.45) is -0.208. The number of ether oxygens (including phenoxy) is 1. The maximum absolute atomic E-state index is 12.0. The molecule has 0 amide bonds. The van der Waals surface area contributed by atoms with Crippen molar-refractivity contribution in [3.8, 4) is 10.4 Å². The van der Waals surface area contributed by atoms with Gasteiger partial charge in [0.15, 0.2) is 5.78 Å². The Bertz CT molecular complexity index is 814. The standard InChI is InChI=1S/C16H12O3S2/c1-19-16(18)8-12(17)15-7-6-14(21-15)11-9-20-13-5-3-2-4-10(11)13/h2-7,9H,8H2,1H3. The number of carbonyl (C=O) groups excluding carboxylic acids is 2. The van der Waals surface area contributed by atoms with Crippen molar-refractivity contribution < 1.29 is 14.3 Å². The van der Waals surface area contributed by atoms with E-state index in [1.54, 1.807) is 17.4 Å². The Morgan fingerprint density at radius 2 is 1.95 bits per heavy atom. The van der Waals surface area contributed by atoms with Gasteiger partial charge in [-0.25, -0.2) is 0 Å². The first kappa shape index (κ1) is 14.0. The van der Waals surface area contributed by atoms with Gasteiger partial charge in [0, 0.05) is 25.9 Å². The van der Waals surface area contributed by atoms with E-state index in [2.05, 4.69) is 22.2 Å². The van der Waals surface area contributed by atoms with Crippen LogP contribution in [0.2, 0.25) is 0 Å². The number of ketones is 1. The van der Waals surface area contributed by atoms with Crippen molar-refractivity contribution in [3.05, 3.63) is 46.7 Å². The fraction of sp³-hybridized carbons (Fsp3) is 0.125. The lowest BCUT2D eigenvalue weighted by molar-refractivity contribution is -0.139. The summed E-state index contributed by atoms with van der Waals surface area (Å²) < 4.78 is 5.75. The number of thiophene rings is 2. The molecule has 0 unspecified atom stereocenters. The number of hydrogen-bond acceptors (Lipinski definition) is 5. The Kier molecular flexibility index (Phi) is 3.86. The molecule has 0 aliphatic carbocycles. The summed E-state index contributed by atoms with van der Waals surface area (Å²) in [5.74, 6) is -0.700. The molecule has 2 heterocycles. The molecule has 0 saturated heterocycles. The zero-order chi connectivity index (χ0) is 14.8. The fourth-order valence-electron chi connectivity index (χ4n) is 2.09. The van der Waals surface area contributed by atoms with Crippen LogP contribution in [-0.2, 0) is 9.53 Å². The van der Waals surface area contributed by atoms with E-state index < -0.39 is 5.97 Å². The highest BCUT2D eigenvalue weighted by atomic mass is 32.1. The van der Waals surface area contributed by atoms with Crippen LogP contribution in [0.5, 0.6) is 0 Å². The molecule has 0 aliphatic rings. The van der Waals surface area contributed by atoms with Crippen molar-refractivity contribution >= 4 is 44.5 Å². The van der Waals surface area contributed by atoms with Crippen LogP contribution in [0, 0.1) is 0 Å². The van der Waals surface area contributed by atoms with Gasteiger partial charge in [-0.3, -0.25) is 9.59 Å². The summed E-state index contributed by atoms with van der Waals surface area (Å²) in [6, 6.07) is 11.9. The number of esters is 1. The van der Waals surface area contributed by atoms with Gasteiger partial charge in [-0.15, -0.1) is 22.7 Å². The molecule has 0 spiro atoms. The predicted molar refractivity (Wildman–Crippen MR) is 86.1 cm³/mol. The lowest BCUT2D eigenvalue weighted by atomic mass is 10.1. The Labute approximate surface area is 129 Å². The highest BCUT2D eigenvalue weighted by Crippen LogP contribution is 2.37. The van der Waals surface area contributed by atoms with Gasteiger partial charge in [0.05, 0.1) is 12.0 Å². The Morgan fingerprint density at radius 1 is 1.14 bits per heavy atom. The van der Waals surface area contributed by atoms with E-state index in [0.29, 0.717) is 4.88 Å². The highest BCUT2D eigenvalue weighted by Gasteiger charge is 2.16. The number of Topliss-reactive ketones (excluding diaryl/α,β-unsaturated/α-hetero) is 1. The van der Waals surface area contributed by atoms with Crippen LogP contribution in [0.25, 0.3) is 20.5 Å². The van der Waals surface area contributed by atoms with E-state index in [9.17, 15) is 9.59 Å². The molecule has 0 N–H and O–H groups in total. The quantitative estimate of drug-likeness (QED) is 0.408. The van der Waals surface area contributed by atoms with Crippen LogP contribution in [-0.4, -0.2) is 18.9 Å². The first-order valence-electron chi connectivity index (χ1n) is 6.35. The van der Waals surface area contributed by atoms with E-state index in [1.165, 1.54) is 28.5 Å². The lowest BCUT2D eigenvalue weighted by Gasteiger charge is -1.97. The van der Waals surface area contributed by atoms with E-state index in [4.69, 9.17) is 0 Å². The molecule has 0 fully saturated rings. The van der Waals surface area contributed by atoms with Crippen molar-refractivity contribution in [2.75, 3.05) is 7.11 Å². The summed E-state index contributed by atoms with van der Waals surface area (Å²) in [4.78, 5) is 24.8. The highest BCUT2D eigenvalue weighted by molar-refractivity contribution is 7.20. The van der Waals surface area contributed by atoms with Gasteiger partial charge in [0.1, 0.15) is 6.42 Å². The van der Waals surface area contributed by atoms with Gasteiger partial charge in [-0.2, -0.15) is 0 Å². The SMILES string of the molecule is COC(=O)CC(=O)c1ccc(-c2csc3ccccc23)s1. The molecule has 1 aromatic carbocycles. The van der Waals surface area contributed by atoms with E-state index in [1.807, 2.05) is 18.2 Å². The molecule has 0 aliphatic heterocycles. The summed E-state index contributed by atoms with van der Waals surface area (Å²) >= 11 is 3.10. The third-order valence-corrected chi connectivity index (χ3v) is 5.28. The summed E-state index contributed by atoms with van der Waals surface area (Å²) in [5.41, 5.74) is 1.14. The molecule has 0 bridgehead atoms. The van der Waals surface area contributed by atoms with E-state index >= 15 is 0 Å². The molecule has 0 atom stereocenters. The largest absolute Gasteiger partial charge is 0.469 e. The average Bonchev–Trinajstić information content (AvgIpc) is 3.13.